The first kappa shape index (κ1) is 19.4. The summed E-state index contributed by atoms with van der Waals surface area (Å²) < 4.78 is 11.3. The van der Waals surface area contributed by atoms with E-state index >= 15 is 0 Å². The number of fused-ring (bicyclic) bond motifs is 1. The molecule has 152 valence electrons. The van der Waals surface area contributed by atoms with Crippen LogP contribution in [0.5, 0.6) is 5.75 Å². The molecule has 8 heteroatoms. The SMILES string of the molecule is CC1NNC(C)C1CN(C)C(=O)c1coc(COc2cccc3cccnc23)n1. The number of carbonyl (C=O) groups excluding carboxylic acids is 1. The highest BCUT2D eigenvalue weighted by atomic mass is 16.5. The Morgan fingerprint density at radius 1 is 1.21 bits per heavy atom. The molecular formula is C21H25N5O3. The minimum absolute atomic E-state index is 0.122. The van der Waals surface area contributed by atoms with Crippen molar-refractivity contribution in [1.29, 1.82) is 0 Å². The van der Waals surface area contributed by atoms with Gasteiger partial charge in [-0.3, -0.25) is 20.6 Å². The van der Waals surface area contributed by atoms with Gasteiger partial charge in [-0.05, 0) is 26.0 Å². The highest BCUT2D eigenvalue weighted by molar-refractivity contribution is 5.91. The molecule has 29 heavy (non-hydrogen) atoms. The molecule has 2 aromatic heterocycles. The van der Waals surface area contributed by atoms with Gasteiger partial charge in [0.25, 0.3) is 5.91 Å². The molecule has 2 atom stereocenters. The molecule has 0 radical (unpaired) electrons. The van der Waals surface area contributed by atoms with Gasteiger partial charge in [0, 0.05) is 43.2 Å². The smallest absolute Gasteiger partial charge is 0.275 e. The van der Waals surface area contributed by atoms with Gasteiger partial charge in [0.15, 0.2) is 12.3 Å². The molecule has 1 aliphatic heterocycles. The Morgan fingerprint density at radius 3 is 2.76 bits per heavy atom. The summed E-state index contributed by atoms with van der Waals surface area (Å²) in [5.74, 6) is 1.15. The Kier molecular flexibility index (Phi) is 5.46. The monoisotopic (exact) mass is 395 g/mol. The second-order valence-electron chi connectivity index (χ2n) is 7.46. The molecule has 4 rings (SSSR count). The van der Waals surface area contributed by atoms with Crippen molar-refractivity contribution in [3.05, 3.63) is 54.4 Å². The van der Waals surface area contributed by atoms with Gasteiger partial charge >= 0.3 is 0 Å². The molecule has 1 aliphatic rings. The van der Waals surface area contributed by atoms with E-state index in [2.05, 4.69) is 34.7 Å². The number of carbonyl (C=O) groups is 1. The van der Waals surface area contributed by atoms with Crippen molar-refractivity contribution in [3.63, 3.8) is 0 Å². The van der Waals surface area contributed by atoms with E-state index in [9.17, 15) is 4.79 Å². The summed E-state index contributed by atoms with van der Waals surface area (Å²) in [4.78, 5) is 23.1. The maximum Gasteiger partial charge on any atom is 0.275 e. The molecule has 0 aliphatic carbocycles. The van der Waals surface area contributed by atoms with Crippen LogP contribution in [0, 0.1) is 5.92 Å². The lowest BCUT2D eigenvalue weighted by atomic mass is 9.96. The van der Waals surface area contributed by atoms with Crippen LogP contribution in [0.25, 0.3) is 10.9 Å². The molecule has 1 amide bonds. The van der Waals surface area contributed by atoms with Gasteiger partial charge in [0.05, 0.1) is 0 Å². The third kappa shape index (κ3) is 4.08. The number of oxazole rings is 1. The molecule has 0 saturated carbocycles. The standard InChI is InChI=1S/C21H25N5O3/c1-13-16(14(2)25-24-13)10-26(3)21(27)17-11-29-19(23-17)12-28-18-8-4-6-15-7-5-9-22-20(15)18/h4-9,11,13-14,16,24-25H,10,12H2,1-3H3. The Bertz CT molecular complexity index is 989. The molecule has 3 aromatic rings. The van der Waals surface area contributed by atoms with Gasteiger partial charge in [-0.25, -0.2) is 4.98 Å². The second kappa shape index (κ2) is 8.18. The van der Waals surface area contributed by atoms with Crippen LogP contribution in [0.4, 0.5) is 0 Å². The van der Waals surface area contributed by atoms with Gasteiger partial charge in [-0.1, -0.05) is 18.2 Å². The first-order valence-electron chi connectivity index (χ1n) is 9.70. The Morgan fingerprint density at radius 2 is 1.97 bits per heavy atom. The quantitative estimate of drug-likeness (QED) is 0.662. The fourth-order valence-electron chi connectivity index (χ4n) is 3.63. The fourth-order valence-corrected chi connectivity index (χ4v) is 3.63. The van der Waals surface area contributed by atoms with Crippen molar-refractivity contribution in [2.75, 3.05) is 13.6 Å². The number of amides is 1. The van der Waals surface area contributed by atoms with E-state index in [0.29, 0.717) is 24.1 Å². The number of nitrogens with zero attached hydrogens (tertiary/aromatic N) is 3. The van der Waals surface area contributed by atoms with Crippen molar-refractivity contribution in [1.82, 2.24) is 25.7 Å². The summed E-state index contributed by atoms with van der Waals surface area (Å²) in [5.41, 5.74) is 7.47. The van der Waals surface area contributed by atoms with Crippen LogP contribution >= 0.6 is 0 Å². The zero-order valence-electron chi connectivity index (χ0n) is 16.8. The van der Waals surface area contributed by atoms with E-state index in [1.54, 1.807) is 18.1 Å². The second-order valence-corrected chi connectivity index (χ2v) is 7.46. The topological polar surface area (TPSA) is 92.5 Å². The van der Waals surface area contributed by atoms with Crippen LogP contribution in [0.3, 0.4) is 0 Å². The number of para-hydroxylation sites is 1. The van der Waals surface area contributed by atoms with Gasteiger partial charge in [-0.15, -0.1) is 0 Å². The highest BCUT2D eigenvalue weighted by Crippen LogP contribution is 2.24. The van der Waals surface area contributed by atoms with Crippen LogP contribution in [0.2, 0.25) is 0 Å². The van der Waals surface area contributed by atoms with E-state index in [1.807, 2.05) is 30.3 Å². The summed E-state index contributed by atoms with van der Waals surface area (Å²) in [5, 5.41) is 0.995. The number of benzene rings is 1. The first-order chi connectivity index (χ1) is 14.0. The number of rotatable bonds is 6. The summed E-state index contributed by atoms with van der Waals surface area (Å²) in [7, 11) is 1.78. The number of aromatic nitrogens is 2. The number of hydrogen-bond donors (Lipinski definition) is 2. The molecule has 8 nitrogen and oxygen atoms in total. The van der Waals surface area contributed by atoms with Gasteiger partial charge in [0.1, 0.15) is 17.5 Å². The van der Waals surface area contributed by atoms with Crippen molar-refractivity contribution >= 4 is 16.8 Å². The van der Waals surface area contributed by atoms with E-state index in [1.165, 1.54) is 6.26 Å². The third-order valence-corrected chi connectivity index (χ3v) is 5.37. The maximum absolute atomic E-state index is 12.7. The van der Waals surface area contributed by atoms with E-state index in [0.717, 1.165) is 10.9 Å². The predicted molar refractivity (Wildman–Crippen MR) is 108 cm³/mol. The largest absolute Gasteiger partial charge is 0.482 e. The fraction of sp³-hybridized carbons (Fsp3) is 0.381. The van der Waals surface area contributed by atoms with Crippen molar-refractivity contribution in [2.24, 2.45) is 5.92 Å². The molecule has 1 aromatic carbocycles. The van der Waals surface area contributed by atoms with Gasteiger partial charge in [-0.2, -0.15) is 0 Å². The van der Waals surface area contributed by atoms with E-state index in [4.69, 9.17) is 9.15 Å². The number of pyridine rings is 1. The van der Waals surface area contributed by atoms with Crippen LogP contribution in [0.15, 0.2) is 47.2 Å². The molecule has 0 bridgehead atoms. The minimum Gasteiger partial charge on any atom is -0.482 e. The van der Waals surface area contributed by atoms with Crippen molar-refractivity contribution < 1.29 is 13.9 Å². The minimum atomic E-state index is -0.168. The number of hydrazine groups is 1. The maximum atomic E-state index is 12.7. The zero-order valence-corrected chi connectivity index (χ0v) is 16.8. The number of hydrogen-bond acceptors (Lipinski definition) is 7. The van der Waals surface area contributed by atoms with Gasteiger partial charge < -0.3 is 14.1 Å². The van der Waals surface area contributed by atoms with Crippen LogP contribution < -0.4 is 15.6 Å². The van der Waals surface area contributed by atoms with Crippen molar-refractivity contribution in [3.8, 4) is 5.75 Å². The molecule has 1 saturated heterocycles. The Labute approximate surface area is 169 Å². The lowest BCUT2D eigenvalue weighted by Gasteiger charge is -2.24. The average molecular weight is 395 g/mol. The molecular weight excluding hydrogens is 370 g/mol. The number of ether oxygens (including phenoxy) is 1. The highest BCUT2D eigenvalue weighted by Gasteiger charge is 2.32. The predicted octanol–water partition coefficient (Wildman–Crippen LogP) is 2.37. The average Bonchev–Trinajstić information content (AvgIpc) is 3.33. The summed E-state index contributed by atoms with van der Waals surface area (Å²) in [6, 6.07) is 10.2. The van der Waals surface area contributed by atoms with E-state index in [-0.39, 0.29) is 30.3 Å². The summed E-state index contributed by atoms with van der Waals surface area (Å²) >= 11 is 0. The molecule has 1 fully saturated rings. The van der Waals surface area contributed by atoms with E-state index < -0.39 is 0 Å². The lowest BCUT2D eigenvalue weighted by molar-refractivity contribution is 0.0761. The van der Waals surface area contributed by atoms with Crippen LogP contribution in [-0.2, 0) is 6.61 Å². The van der Waals surface area contributed by atoms with Crippen LogP contribution in [-0.4, -0.2) is 46.5 Å². The van der Waals surface area contributed by atoms with Crippen LogP contribution in [0.1, 0.15) is 30.2 Å². The molecule has 0 spiro atoms. The number of nitrogens with one attached hydrogen (secondary N) is 2. The van der Waals surface area contributed by atoms with Gasteiger partial charge in [0.2, 0.25) is 5.89 Å². The molecule has 2 unspecified atom stereocenters. The Balaban J connectivity index is 1.39. The summed E-state index contributed by atoms with van der Waals surface area (Å²) in [6.45, 7) is 4.96. The van der Waals surface area contributed by atoms with Crippen molar-refractivity contribution in [2.45, 2.75) is 32.5 Å². The summed E-state index contributed by atoms with van der Waals surface area (Å²) in [6.07, 6.45) is 3.11. The molecule has 2 N–H and O–H groups in total. The zero-order chi connectivity index (χ0) is 20.4. The Hall–Kier alpha value is -2.97. The first-order valence-corrected chi connectivity index (χ1v) is 9.70. The third-order valence-electron chi connectivity index (χ3n) is 5.37. The molecule has 3 heterocycles. The normalized spacial score (nSPS) is 21.4. The lowest BCUT2D eigenvalue weighted by Crippen LogP contribution is -2.38.